The first-order valence-corrected chi connectivity index (χ1v) is 14.8. The van der Waals surface area contributed by atoms with Crippen molar-refractivity contribution in [2.75, 3.05) is 19.8 Å². The van der Waals surface area contributed by atoms with E-state index < -0.39 is 46.9 Å². The van der Waals surface area contributed by atoms with Crippen LogP contribution in [0.1, 0.15) is 56.8 Å². The summed E-state index contributed by atoms with van der Waals surface area (Å²) in [4.78, 5) is 55.2. The second kappa shape index (κ2) is 9.73. The van der Waals surface area contributed by atoms with E-state index in [2.05, 4.69) is 6.92 Å². The predicted molar refractivity (Wildman–Crippen MR) is 149 cm³/mol. The Bertz CT molecular complexity index is 1350. The van der Waals surface area contributed by atoms with Gasteiger partial charge in [0.25, 0.3) is 5.91 Å². The molecule has 1 saturated heterocycles. The van der Waals surface area contributed by atoms with Crippen molar-refractivity contribution < 1.29 is 34.1 Å². The number of aliphatic hydroxyl groups excluding tert-OH is 2. The van der Waals surface area contributed by atoms with Gasteiger partial charge in [-0.2, -0.15) is 0 Å². The minimum atomic E-state index is -1.21. The second-order valence-corrected chi connectivity index (χ2v) is 13.1. The number of carbonyl (C=O) groups excluding carboxylic acids is 4. The van der Waals surface area contributed by atoms with E-state index in [1.54, 1.807) is 43.3 Å². The lowest BCUT2D eigenvalue weighted by atomic mass is 9.44. The molecule has 0 radical (unpaired) electrons. The van der Waals surface area contributed by atoms with Gasteiger partial charge < -0.3 is 19.8 Å². The maximum Gasteiger partial charge on any atom is 0.329 e. The van der Waals surface area contributed by atoms with Crippen LogP contribution in [0, 0.1) is 39.9 Å². The monoisotopic (exact) mass is 561 g/mol. The van der Waals surface area contributed by atoms with E-state index in [4.69, 9.17) is 4.74 Å². The number of likely N-dealkylation sites (tertiary alicyclic amines) is 1. The topological polar surface area (TPSA) is 121 Å². The Morgan fingerprint density at radius 3 is 2.54 bits per heavy atom. The molecular formula is C33H39NO7. The molecule has 9 atom stereocenters. The van der Waals surface area contributed by atoms with Crippen molar-refractivity contribution in [2.45, 2.75) is 58.6 Å². The van der Waals surface area contributed by atoms with Gasteiger partial charge in [-0.3, -0.25) is 14.4 Å². The van der Waals surface area contributed by atoms with Gasteiger partial charge in [0.2, 0.25) is 0 Å². The molecule has 4 aliphatic carbocycles. The second-order valence-electron chi connectivity index (χ2n) is 13.1. The van der Waals surface area contributed by atoms with Gasteiger partial charge in [-0.25, -0.2) is 4.79 Å². The van der Waals surface area contributed by atoms with Gasteiger partial charge in [0, 0.05) is 29.4 Å². The highest BCUT2D eigenvalue weighted by atomic mass is 16.5. The van der Waals surface area contributed by atoms with Crippen molar-refractivity contribution >= 4 is 23.4 Å². The van der Waals surface area contributed by atoms with Crippen LogP contribution in [0.15, 0.2) is 54.1 Å². The summed E-state index contributed by atoms with van der Waals surface area (Å²) in [5.41, 5.74) is -0.996. The minimum absolute atomic E-state index is 0.0117. The molecule has 0 spiro atoms. The largest absolute Gasteiger partial charge is 0.464 e. The van der Waals surface area contributed by atoms with Crippen molar-refractivity contribution in [3.05, 3.63) is 59.7 Å². The van der Waals surface area contributed by atoms with Gasteiger partial charge in [0.1, 0.15) is 12.6 Å². The Hall–Kier alpha value is -3.10. The molecule has 0 aromatic heterocycles. The maximum atomic E-state index is 14.0. The number of carbonyl (C=O) groups is 4. The lowest BCUT2D eigenvalue weighted by Crippen LogP contribution is -2.60. The zero-order valence-electron chi connectivity index (χ0n) is 23.9. The first-order valence-electron chi connectivity index (χ1n) is 14.8. The van der Waals surface area contributed by atoms with Crippen LogP contribution < -0.4 is 0 Å². The Morgan fingerprint density at radius 2 is 1.85 bits per heavy atom. The molecule has 1 amide bonds. The highest BCUT2D eigenvalue weighted by Crippen LogP contribution is 2.73. The van der Waals surface area contributed by atoms with Gasteiger partial charge in [-0.15, -0.1) is 0 Å². The third kappa shape index (κ3) is 3.72. The van der Waals surface area contributed by atoms with Gasteiger partial charge in [0.15, 0.2) is 11.6 Å². The fourth-order valence-electron chi connectivity index (χ4n) is 10.0. The maximum absolute atomic E-state index is 14.0. The van der Waals surface area contributed by atoms with Crippen LogP contribution in [0.5, 0.6) is 0 Å². The van der Waals surface area contributed by atoms with Crippen LogP contribution in [0.3, 0.4) is 0 Å². The third-order valence-electron chi connectivity index (χ3n) is 11.6. The number of esters is 1. The third-order valence-corrected chi connectivity index (χ3v) is 11.6. The number of rotatable bonds is 5. The smallest absolute Gasteiger partial charge is 0.329 e. The summed E-state index contributed by atoms with van der Waals surface area (Å²) in [5, 5.41) is 22.2. The number of hydrogen-bond acceptors (Lipinski definition) is 7. The summed E-state index contributed by atoms with van der Waals surface area (Å²) in [6.07, 6.45) is 6.77. The first-order chi connectivity index (χ1) is 19.5. The average Bonchev–Trinajstić information content (AvgIpc) is 3.43. The average molecular weight is 562 g/mol. The summed E-state index contributed by atoms with van der Waals surface area (Å²) in [6.45, 7) is 5.26. The lowest BCUT2D eigenvalue weighted by Gasteiger charge is -2.60. The van der Waals surface area contributed by atoms with E-state index in [1.165, 1.54) is 4.90 Å². The molecule has 5 aliphatic rings. The molecule has 218 valence electrons. The number of Topliss-reactive ketones (excluding diaryl/α,β-unsaturated/α-hetero) is 1. The van der Waals surface area contributed by atoms with Gasteiger partial charge in [-0.1, -0.05) is 43.7 Å². The van der Waals surface area contributed by atoms with E-state index in [1.807, 2.05) is 19.1 Å². The quantitative estimate of drug-likeness (QED) is 0.530. The lowest BCUT2D eigenvalue weighted by molar-refractivity contribution is -0.159. The fourth-order valence-corrected chi connectivity index (χ4v) is 10.0. The fraction of sp³-hybridized carbons (Fsp3) is 0.576. The van der Waals surface area contributed by atoms with E-state index in [-0.39, 0.29) is 48.4 Å². The van der Waals surface area contributed by atoms with Crippen molar-refractivity contribution in [1.29, 1.82) is 0 Å². The van der Waals surface area contributed by atoms with Crippen LogP contribution in [0.4, 0.5) is 0 Å². The Balaban J connectivity index is 1.46. The Kier molecular flexibility index (Phi) is 6.66. The summed E-state index contributed by atoms with van der Waals surface area (Å²) in [7, 11) is 0. The molecule has 1 aromatic rings. The van der Waals surface area contributed by atoms with Crippen molar-refractivity contribution in [1.82, 2.24) is 4.90 Å². The van der Waals surface area contributed by atoms with Gasteiger partial charge >= 0.3 is 5.97 Å². The number of ether oxygens (including phenoxy) is 1. The predicted octanol–water partition coefficient (Wildman–Crippen LogP) is 3.13. The standard InChI is InChI=1S/C33H39NO7/c1-4-41-30(40)28-24-15-23-22-11-10-20-14-21(36)12-13-31(20,2)27(22)25(37)16-32(23,3)33(24,26(38)17-35)18-34(28)29(39)19-8-6-5-7-9-19/h5-9,12-14,22-25,27-28,35,37H,4,10-11,15-18H2,1-3H3/t22?,23-,24-,25-,27+,28?,31-,32-,33+/m0/s1. The first kappa shape index (κ1) is 28.0. The number of benzene rings is 1. The normalized spacial score (nSPS) is 40.7. The molecule has 8 nitrogen and oxygen atoms in total. The molecule has 3 saturated carbocycles. The Morgan fingerprint density at radius 1 is 1.12 bits per heavy atom. The minimum Gasteiger partial charge on any atom is -0.464 e. The van der Waals surface area contributed by atoms with Gasteiger partial charge in [-0.05, 0) is 74.1 Å². The zero-order chi connectivity index (χ0) is 29.3. The van der Waals surface area contributed by atoms with E-state index in [9.17, 15) is 29.4 Å². The molecule has 8 heteroatoms. The van der Waals surface area contributed by atoms with E-state index >= 15 is 0 Å². The SMILES string of the molecule is CCOC(=O)C1[C@@H]2C[C@H]3C4CCC5=CC(=O)C=C[C@]5(C)[C@H]4[C@@H](O)C[C@]3(C)[C@]2(C(=O)CO)CN1C(=O)c1ccccc1. The number of hydrogen-bond donors (Lipinski definition) is 2. The Labute approximate surface area is 240 Å². The van der Waals surface area contributed by atoms with Crippen molar-refractivity contribution in [2.24, 2.45) is 39.9 Å². The van der Waals surface area contributed by atoms with Gasteiger partial charge in [0.05, 0.1) is 18.1 Å². The summed E-state index contributed by atoms with van der Waals surface area (Å²) in [5.74, 6) is -1.99. The highest BCUT2D eigenvalue weighted by molar-refractivity contribution is 6.01. The summed E-state index contributed by atoms with van der Waals surface area (Å²) >= 11 is 0. The molecule has 1 aromatic carbocycles. The van der Waals surface area contributed by atoms with E-state index in [0.717, 1.165) is 18.4 Å². The molecule has 0 bridgehead atoms. The van der Waals surface area contributed by atoms with Crippen LogP contribution in [-0.2, 0) is 19.1 Å². The van der Waals surface area contributed by atoms with E-state index in [0.29, 0.717) is 18.4 Å². The van der Waals surface area contributed by atoms with Crippen molar-refractivity contribution in [3.8, 4) is 0 Å². The number of nitrogens with zero attached hydrogens (tertiary/aromatic N) is 1. The number of amides is 1. The van der Waals surface area contributed by atoms with Crippen LogP contribution in [-0.4, -0.2) is 70.5 Å². The summed E-state index contributed by atoms with van der Waals surface area (Å²) < 4.78 is 5.51. The molecule has 1 aliphatic heterocycles. The zero-order valence-corrected chi connectivity index (χ0v) is 23.9. The summed E-state index contributed by atoms with van der Waals surface area (Å²) in [6, 6.07) is 7.73. The number of ketones is 2. The molecule has 1 heterocycles. The van der Waals surface area contributed by atoms with Crippen molar-refractivity contribution in [3.63, 3.8) is 0 Å². The molecule has 2 unspecified atom stereocenters. The number of fused-ring (bicyclic) bond motifs is 7. The van der Waals surface area contributed by atoms with Crippen LogP contribution >= 0.6 is 0 Å². The molecule has 4 fully saturated rings. The number of aliphatic hydroxyl groups is 2. The molecule has 6 rings (SSSR count). The van der Waals surface area contributed by atoms with Crippen LogP contribution in [0.25, 0.3) is 0 Å². The molecular weight excluding hydrogens is 522 g/mol. The highest BCUT2D eigenvalue weighted by Gasteiger charge is 2.76. The number of allylic oxidation sites excluding steroid dienone is 4. The van der Waals surface area contributed by atoms with Crippen LogP contribution in [0.2, 0.25) is 0 Å². The molecule has 41 heavy (non-hydrogen) atoms. The molecule has 2 N–H and O–H groups in total.